The maximum atomic E-state index is 12.8. The van der Waals surface area contributed by atoms with Crippen molar-refractivity contribution in [2.45, 2.75) is 39.3 Å². The first-order valence-electron chi connectivity index (χ1n) is 6.78. The Morgan fingerprint density at radius 2 is 1.89 bits per heavy atom. The average Bonchev–Trinajstić information content (AvgIpc) is 2.38. The highest BCUT2D eigenvalue weighted by Crippen LogP contribution is 2.33. The first-order valence-corrected chi connectivity index (χ1v) is 6.78. The summed E-state index contributed by atoms with van der Waals surface area (Å²) < 4.78 is 38.3. The maximum Gasteiger partial charge on any atom is 0.416 e. The standard InChI is InChI=1S/C15H22F3N/c1-4-11(3)14(10-19-5-2)12-7-6-8-13(9-12)15(16,17)18/h6-9,11,14,19H,4-5,10H2,1-3H3. The molecule has 1 rings (SSSR count). The van der Waals surface area contributed by atoms with Crippen molar-refractivity contribution >= 4 is 0 Å². The Morgan fingerprint density at radius 3 is 2.42 bits per heavy atom. The molecular formula is C15H22F3N. The lowest BCUT2D eigenvalue weighted by atomic mass is 9.85. The number of alkyl halides is 3. The summed E-state index contributed by atoms with van der Waals surface area (Å²) >= 11 is 0. The molecule has 19 heavy (non-hydrogen) atoms. The zero-order valence-corrected chi connectivity index (χ0v) is 11.7. The second-order valence-corrected chi connectivity index (χ2v) is 4.92. The number of rotatable bonds is 6. The Bertz CT molecular complexity index is 387. The van der Waals surface area contributed by atoms with E-state index in [0.717, 1.165) is 24.6 Å². The Hall–Kier alpha value is -1.03. The molecule has 4 heteroatoms. The normalized spacial score (nSPS) is 15.3. The van der Waals surface area contributed by atoms with Crippen LogP contribution in [0.3, 0.4) is 0 Å². The molecule has 0 aromatic heterocycles. The second-order valence-electron chi connectivity index (χ2n) is 4.92. The molecule has 108 valence electrons. The third-order valence-electron chi connectivity index (χ3n) is 3.59. The maximum absolute atomic E-state index is 12.8. The van der Waals surface area contributed by atoms with Crippen LogP contribution in [0.4, 0.5) is 13.2 Å². The number of benzene rings is 1. The highest BCUT2D eigenvalue weighted by Gasteiger charge is 2.31. The van der Waals surface area contributed by atoms with E-state index >= 15 is 0 Å². The molecule has 1 nitrogen and oxygen atoms in total. The summed E-state index contributed by atoms with van der Waals surface area (Å²) in [5, 5.41) is 3.24. The summed E-state index contributed by atoms with van der Waals surface area (Å²) in [4.78, 5) is 0. The van der Waals surface area contributed by atoms with Gasteiger partial charge in [-0.25, -0.2) is 0 Å². The predicted octanol–water partition coefficient (Wildman–Crippen LogP) is 4.44. The molecule has 0 fully saturated rings. The lowest BCUT2D eigenvalue weighted by molar-refractivity contribution is -0.137. The van der Waals surface area contributed by atoms with Gasteiger partial charge < -0.3 is 5.32 Å². The van der Waals surface area contributed by atoms with Crippen molar-refractivity contribution < 1.29 is 13.2 Å². The van der Waals surface area contributed by atoms with E-state index in [4.69, 9.17) is 0 Å². The van der Waals surface area contributed by atoms with Crippen molar-refractivity contribution in [3.63, 3.8) is 0 Å². The fraction of sp³-hybridized carbons (Fsp3) is 0.600. The minimum absolute atomic E-state index is 0.118. The van der Waals surface area contributed by atoms with Gasteiger partial charge in [0, 0.05) is 6.54 Å². The molecular weight excluding hydrogens is 251 g/mol. The molecule has 0 bridgehead atoms. The second kappa shape index (κ2) is 6.94. The number of hydrogen-bond donors (Lipinski definition) is 1. The molecule has 1 aromatic carbocycles. The first-order chi connectivity index (χ1) is 8.90. The van der Waals surface area contributed by atoms with E-state index < -0.39 is 11.7 Å². The summed E-state index contributed by atoms with van der Waals surface area (Å²) in [6.07, 6.45) is -3.32. The summed E-state index contributed by atoms with van der Waals surface area (Å²) in [5.74, 6) is 0.467. The van der Waals surface area contributed by atoms with Gasteiger partial charge >= 0.3 is 6.18 Å². The van der Waals surface area contributed by atoms with Crippen LogP contribution in [-0.2, 0) is 6.18 Å². The zero-order chi connectivity index (χ0) is 14.5. The van der Waals surface area contributed by atoms with Crippen LogP contribution in [0.2, 0.25) is 0 Å². The van der Waals surface area contributed by atoms with Crippen LogP contribution in [0.1, 0.15) is 44.2 Å². The summed E-state index contributed by atoms with van der Waals surface area (Å²) in [5.41, 5.74) is 0.208. The SMILES string of the molecule is CCNCC(c1cccc(C(F)(F)F)c1)C(C)CC. The summed E-state index contributed by atoms with van der Waals surface area (Å²) in [6, 6.07) is 5.71. The highest BCUT2D eigenvalue weighted by molar-refractivity contribution is 5.29. The van der Waals surface area contributed by atoms with Crippen molar-refractivity contribution in [3.05, 3.63) is 35.4 Å². The van der Waals surface area contributed by atoms with Crippen LogP contribution >= 0.6 is 0 Å². The fourth-order valence-corrected chi connectivity index (χ4v) is 2.18. The number of halogens is 3. The third kappa shape index (κ3) is 4.53. The van der Waals surface area contributed by atoms with Crippen LogP contribution < -0.4 is 5.32 Å². The smallest absolute Gasteiger partial charge is 0.316 e. The Labute approximate surface area is 113 Å². The molecule has 1 aromatic rings. The molecule has 0 spiro atoms. The van der Waals surface area contributed by atoms with E-state index in [1.54, 1.807) is 6.07 Å². The monoisotopic (exact) mass is 273 g/mol. The van der Waals surface area contributed by atoms with E-state index in [9.17, 15) is 13.2 Å². The van der Waals surface area contributed by atoms with Gasteiger partial charge in [-0.05, 0) is 30.0 Å². The van der Waals surface area contributed by atoms with Gasteiger partial charge in [0.25, 0.3) is 0 Å². The van der Waals surface area contributed by atoms with Gasteiger partial charge in [0.2, 0.25) is 0 Å². The van der Waals surface area contributed by atoms with E-state index in [2.05, 4.69) is 19.2 Å². The molecule has 0 radical (unpaired) electrons. The van der Waals surface area contributed by atoms with Crippen molar-refractivity contribution in [1.29, 1.82) is 0 Å². The van der Waals surface area contributed by atoms with E-state index in [0.29, 0.717) is 12.5 Å². The molecule has 1 N–H and O–H groups in total. The molecule has 0 amide bonds. The molecule has 2 unspecified atom stereocenters. The van der Waals surface area contributed by atoms with Crippen molar-refractivity contribution in [2.75, 3.05) is 13.1 Å². The Kier molecular flexibility index (Phi) is 5.85. The van der Waals surface area contributed by atoms with Crippen LogP contribution in [-0.4, -0.2) is 13.1 Å². The molecule has 0 aliphatic rings. The third-order valence-corrected chi connectivity index (χ3v) is 3.59. The minimum Gasteiger partial charge on any atom is -0.316 e. The summed E-state index contributed by atoms with van der Waals surface area (Å²) in [6.45, 7) is 7.69. The van der Waals surface area contributed by atoms with Gasteiger partial charge in [0.05, 0.1) is 5.56 Å². The molecule has 0 heterocycles. The van der Waals surface area contributed by atoms with Gasteiger partial charge in [-0.3, -0.25) is 0 Å². The number of likely N-dealkylation sites (N-methyl/N-ethyl adjacent to an activating group) is 1. The van der Waals surface area contributed by atoms with Gasteiger partial charge in [-0.1, -0.05) is 45.4 Å². The van der Waals surface area contributed by atoms with Gasteiger partial charge in [0.15, 0.2) is 0 Å². The van der Waals surface area contributed by atoms with E-state index in [-0.39, 0.29) is 5.92 Å². The summed E-state index contributed by atoms with van der Waals surface area (Å²) in [7, 11) is 0. The van der Waals surface area contributed by atoms with E-state index in [1.165, 1.54) is 12.1 Å². The number of nitrogens with one attached hydrogen (secondary N) is 1. The number of hydrogen-bond acceptors (Lipinski definition) is 1. The van der Waals surface area contributed by atoms with Crippen molar-refractivity contribution in [2.24, 2.45) is 5.92 Å². The minimum atomic E-state index is -4.27. The molecule has 0 saturated heterocycles. The topological polar surface area (TPSA) is 12.0 Å². The highest BCUT2D eigenvalue weighted by atomic mass is 19.4. The Balaban J connectivity index is 3.01. The largest absolute Gasteiger partial charge is 0.416 e. The van der Waals surface area contributed by atoms with Crippen LogP contribution in [0.25, 0.3) is 0 Å². The predicted molar refractivity (Wildman–Crippen MR) is 72.2 cm³/mol. The van der Waals surface area contributed by atoms with E-state index in [1.807, 2.05) is 6.92 Å². The lowest BCUT2D eigenvalue weighted by Gasteiger charge is -2.24. The van der Waals surface area contributed by atoms with Crippen LogP contribution in [0.15, 0.2) is 24.3 Å². The average molecular weight is 273 g/mol. The van der Waals surface area contributed by atoms with Gasteiger partial charge in [0.1, 0.15) is 0 Å². The quantitative estimate of drug-likeness (QED) is 0.807. The van der Waals surface area contributed by atoms with Gasteiger partial charge in [-0.15, -0.1) is 0 Å². The molecule has 0 aliphatic heterocycles. The molecule has 0 aliphatic carbocycles. The van der Waals surface area contributed by atoms with Crippen molar-refractivity contribution in [1.82, 2.24) is 5.32 Å². The fourth-order valence-electron chi connectivity index (χ4n) is 2.18. The molecule has 2 atom stereocenters. The first kappa shape index (κ1) is 16.0. The Morgan fingerprint density at radius 1 is 1.21 bits per heavy atom. The molecule has 0 saturated carbocycles. The zero-order valence-electron chi connectivity index (χ0n) is 11.7. The van der Waals surface area contributed by atoms with Crippen LogP contribution in [0, 0.1) is 5.92 Å². The van der Waals surface area contributed by atoms with Crippen LogP contribution in [0.5, 0.6) is 0 Å². The van der Waals surface area contributed by atoms with Crippen molar-refractivity contribution in [3.8, 4) is 0 Å². The van der Waals surface area contributed by atoms with Gasteiger partial charge in [-0.2, -0.15) is 13.2 Å². The lowest BCUT2D eigenvalue weighted by Crippen LogP contribution is -2.25.